The van der Waals surface area contributed by atoms with E-state index in [2.05, 4.69) is 33.5 Å². The van der Waals surface area contributed by atoms with E-state index in [-0.39, 0.29) is 6.61 Å². The molecular weight excluding hydrogens is 336 g/mol. The molecule has 0 atom stereocenters. The first-order chi connectivity index (χ1) is 10.2. The van der Waals surface area contributed by atoms with Crippen LogP contribution in [0.15, 0.2) is 16.6 Å². The first kappa shape index (κ1) is 18.2. The van der Waals surface area contributed by atoms with Crippen LogP contribution in [0.2, 0.25) is 0 Å². The number of hydrogen-bond donors (Lipinski definition) is 3. The van der Waals surface area contributed by atoms with Gasteiger partial charge in [-0.05, 0) is 40.0 Å². The van der Waals surface area contributed by atoms with Crippen LogP contribution in [0.5, 0.6) is 11.5 Å². The van der Waals surface area contributed by atoms with Gasteiger partial charge in [-0.3, -0.25) is 0 Å². The number of halogens is 1. The van der Waals surface area contributed by atoms with Gasteiger partial charge in [-0.1, -0.05) is 6.92 Å². The molecule has 0 aliphatic rings. The summed E-state index contributed by atoms with van der Waals surface area (Å²) in [7, 11) is 1.65. The van der Waals surface area contributed by atoms with Gasteiger partial charge in [-0.15, -0.1) is 0 Å². The van der Waals surface area contributed by atoms with Crippen LogP contribution in [0.1, 0.15) is 18.9 Å². The van der Waals surface area contributed by atoms with Gasteiger partial charge in [0.25, 0.3) is 0 Å². The molecule has 0 unspecified atom stereocenters. The van der Waals surface area contributed by atoms with Crippen molar-refractivity contribution in [3.05, 3.63) is 22.2 Å². The van der Waals surface area contributed by atoms with E-state index in [1.54, 1.807) is 7.11 Å². The largest absolute Gasteiger partial charge is 0.493 e. The van der Waals surface area contributed by atoms with Crippen molar-refractivity contribution in [3.8, 4) is 11.5 Å². The third-order valence-corrected chi connectivity index (χ3v) is 3.43. The van der Waals surface area contributed by atoms with E-state index in [0.717, 1.165) is 47.6 Å². The van der Waals surface area contributed by atoms with Gasteiger partial charge < -0.3 is 25.2 Å². The van der Waals surface area contributed by atoms with E-state index < -0.39 is 0 Å². The van der Waals surface area contributed by atoms with Crippen LogP contribution in [0, 0.1) is 0 Å². The molecule has 0 amide bonds. The van der Waals surface area contributed by atoms with Crippen molar-refractivity contribution in [2.24, 2.45) is 0 Å². The van der Waals surface area contributed by atoms with Crippen molar-refractivity contribution in [1.82, 2.24) is 10.6 Å². The molecule has 5 nitrogen and oxygen atoms in total. The lowest BCUT2D eigenvalue weighted by molar-refractivity contribution is 0.292. The Balaban J connectivity index is 2.53. The fourth-order valence-corrected chi connectivity index (χ4v) is 2.44. The van der Waals surface area contributed by atoms with E-state index >= 15 is 0 Å². The highest BCUT2D eigenvalue weighted by Gasteiger charge is 2.11. The second-order valence-corrected chi connectivity index (χ2v) is 5.46. The zero-order valence-corrected chi connectivity index (χ0v) is 14.3. The van der Waals surface area contributed by atoms with Crippen LogP contribution < -0.4 is 20.1 Å². The average molecular weight is 361 g/mol. The number of nitrogens with one attached hydrogen (secondary N) is 2. The second-order valence-electron chi connectivity index (χ2n) is 4.61. The van der Waals surface area contributed by atoms with Gasteiger partial charge in [0, 0.05) is 26.2 Å². The molecule has 0 aliphatic carbocycles. The lowest BCUT2D eigenvalue weighted by Crippen LogP contribution is -2.28. The summed E-state index contributed by atoms with van der Waals surface area (Å²) in [5, 5.41) is 15.1. The second kappa shape index (κ2) is 10.8. The molecule has 0 aliphatic heterocycles. The van der Waals surface area contributed by atoms with Crippen LogP contribution in [0.25, 0.3) is 0 Å². The quantitative estimate of drug-likeness (QED) is 0.526. The average Bonchev–Trinajstić information content (AvgIpc) is 2.49. The van der Waals surface area contributed by atoms with Crippen molar-refractivity contribution in [1.29, 1.82) is 0 Å². The molecule has 1 aromatic rings. The molecule has 0 saturated carbocycles. The minimum Gasteiger partial charge on any atom is -0.493 e. The van der Waals surface area contributed by atoms with Crippen LogP contribution in [-0.2, 0) is 6.54 Å². The molecule has 6 heteroatoms. The van der Waals surface area contributed by atoms with Crippen LogP contribution in [-0.4, -0.2) is 45.1 Å². The Kier molecular flexibility index (Phi) is 9.41. The van der Waals surface area contributed by atoms with Gasteiger partial charge >= 0.3 is 0 Å². The molecule has 0 fully saturated rings. The van der Waals surface area contributed by atoms with Crippen molar-refractivity contribution < 1.29 is 14.6 Å². The molecule has 3 N–H and O–H groups in total. The van der Waals surface area contributed by atoms with Crippen molar-refractivity contribution >= 4 is 15.9 Å². The van der Waals surface area contributed by atoms with Crippen molar-refractivity contribution in [2.75, 3.05) is 40.0 Å². The zero-order chi connectivity index (χ0) is 15.5. The summed E-state index contributed by atoms with van der Waals surface area (Å²) >= 11 is 3.54. The maximum atomic E-state index is 8.66. The van der Waals surface area contributed by atoms with E-state index in [1.165, 1.54) is 0 Å². The highest BCUT2D eigenvalue weighted by Crippen LogP contribution is 2.36. The zero-order valence-electron chi connectivity index (χ0n) is 12.7. The van der Waals surface area contributed by atoms with Crippen LogP contribution >= 0.6 is 15.9 Å². The molecule has 0 radical (unpaired) electrons. The Morgan fingerprint density at radius 3 is 2.62 bits per heavy atom. The number of benzene rings is 1. The van der Waals surface area contributed by atoms with Crippen LogP contribution in [0.4, 0.5) is 0 Å². The molecule has 0 spiro atoms. The minimum absolute atomic E-state index is 0.170. The summed E-state index contributed by atoms with van der Waals surface area (Å²) in [5.74, 6) is 1.50. The summed E-state index contributed by atoms with van der Waals surface area (Å²) in [5.41, 5.74) is 1.13. The molecule has 0 heterocycles. The highest BCUT2D eigenvalue weighted by atomic mass is 79.9. The Hall–Kier alpha value is -0.820. The molecule has 0 bridgehead atoms. The first-order valence-electron chi connectivity index (χ1n) is 7.24. The third-order valence-electron chi connectivity index (χ3n) is 2.84. The maximum absolute atomic E-state index is 8.66. The van der Waals surface area contributed by atoms with Gasteiger partial charge in [0.2, 0.25) is 0 Å². The van der Waals surface area contributed by atoms with E-state index in [0.29, 0.717) is 13.2 Å². The van der Waals surface area contributed by atoms with Gasteiger partial charge in [0.1, 0.15) is 0 Å². The topological polar surface area (TPSA) is 62.8 Å². The number of ether oxygens (including phenoxy) is 2. The Bertz CT molecular complexity index is 416. The standard InChI is InChI=1S/C15H25BrN2O3/c1-3-8-21-15-13(16)9-12(10-14(15)20-2)11-18-5-4-17-6-7-19/h9-10,17-19H,3-8,11H2,1-2H3. The Morgan fingerprint density at radius 2 is 1.95 bits per heavy atom. The molecular formula is C15H25BrN2O3. The van der Waals surface area contributed by atoms with Crippen LogP contribution in [0.3, 0.4) is 0 Å². The minimum atomic E-state index is 0.170. The number of rotatable bonds is 11. The number of aliphatic hydroxyl groups is 1. The summed E-state index contributed by atoms with van der Waals surface area (Å²) in [4.78, 5) is 0. The van der Waals surface area contributed by atoms with Gasteiger partial charge in [0.15, 0.2) is 11.5 Å². The summed E-state index contributed by atoms with van der Waals surface area (Å²) in [6.45, 7) is 5.97. The summed E-state index contributed by atoms with van der Waals surface area (Å²) in [6, 6.07) is 4.03. The Morgan fingerprint density at radius 1 is 1.19 bits per heavy atom. The van der Waals surface area contributed by atoms with Gasteiger partial charge in [0.05, 0.1) is 24.8 Å². The lowest BCUT2D eigenvalue weighted by Gasteiger charge is -2.14. The fraction of sp³-hybridized carbons (Fsp3) is 0.600. The molecule has 1 rings (SSSR count). The molecule has 120 valence electrons. The lowest BCUT2D eigenvalue weighted by atomic mass is 10.2. The number of methoxy groups -OCH3 is 1. The summed E-state index contributed by atoms with van der Waals surface area (Å²) < 4.78 is 12.0. The first-order valence-corrected chi connectivity index (χ1v) is 8.03. The van der Waals surface area contributed by atoms with Gasteiger partial charge in [-0.25, -0.2) is 0 Å². The molecule has 21 heavy (non-hydrogen) atoms. The van der Waals surface area contributed by atoms with Crippen molar-refractivity contribution in [2.45, 2.75) is 19.9 Å². The monoisotopic (exact) mass is 360 g/mol. The normalized spacial score (nSPS) is 10.7. The van der Waals surface area contributed by atoms with E-state index in [1.807, 2.05) is 12.1 Å². The number of aliphatic hydroxyl groups excluding tert-OH is 1. The number of hydrogen-bond acceptors (Lipinski definition) is 5. The predicted molar refractivity (Wildman–Crippen MR) is 88.1 cm³/mol. The maximum Gasteiger partial charge on any atom is 0.175 e. The molecule has 1 aromatic carbocycles. The predicted octanol–water partition coefficient (Wildman–Crippen LogP) is 1.92. The van der Waals surface area contributed by atoms with Crippen molar-refractivity contribution in [3.63, 3.8) is 0 Å². The Labute approximate surface area is 135 Å². The third kappa shape index (κ3) is 6.65. The van der Waals surface area contributed by atoms with Gasteiger partial charge in [-0.2, -0.15) is 0 Å². The SMILES string of the molecule is CCCOc1c(Br)cc(CNCCNCCO)cc1OC. The highest BCUT2D eigenvalue weighted by molar-refractivity contribution is 9.10. The smallest absolute Gasteiger partial charge is 0.175 e. The fourth-order valence-electron chi connectivity index (χ4n) is 1.83. The molecule has 0 aromatic heterocycles. The van der Waals surface area contributed by atoms with E-state index in [4.69, 9.17) is 14.6 Å². The van der Waals surface area contributed by atoms with E-state index in [9.17, 15) is 0 Å². The molecule has 0 saturated heterocycles. The summed E-state index contributed by atoms with van der Waals surface area (Å²) in [6.07, 6.45) is 0.958.